The third-order valence-electron chi connectivity index (χ3n) is 4.94. The average molecular weight is 408 g/mol. The number of carbonyl (C=O) groups excluding carboxylic acids is 2. The summed E-state index contributed by atoms with van der Waals surface area (Å²) in [4.78, 5) is 30.4. The zero-order valence-corrected chi connectivity index (χ0v) is 16.5. The Kier molecular flexibility index (Phi) is 5.56. The highest BCUT2D eigenvalue weighted by molar-refractivity contribution is 5.96. The van der Waals surface area contributed by atoms with Gasteiger partial charge in [-0.25, -0.2) is 4.39 Å². The predicted molar refractivity (Wildman–Crippen MR) is 108 cm³/mol. The Hall–Kier alpha value is -3.55. The van der Waals surface area contributed by atoms with E-state index in [0.29, 0.717) is 30.4 Å². The van der Waals surface area contributed by atoms with E-state index >= 15 is 0 Å². The van der Waals surface area contributed by atoms with Crippen LogP contribution < -0.4 is 10.2 Å². The minimum absolute atomic E-state index is 0.105. The molecule has 2 aromatic carbocycles. The summed E-state index contributed by atoms with van der Waals surface area (Å²) in [6.45, 7) is 2.34. The fourth-order valence-electron chi connectivity index (χ4n) is 3.45. The first-order chi connectivity index (χ1) is 14.5. The quantitative estimate of drug-likeness (QED) is 0.677. The van der Waals surface area contributed by atoms with Crippen molar-refractivity contribution in [1.29, 1.82) is 0 Å². The SMILES string of the molecule is Cc1cccc(-c2noc(CCC(=O)N[C@H]3CC(=O)N(c4ccc(F)cc4)C3)n2)c1. The molecule has 30 heavy (non-hydrogen) atoms. The Morgan fingerprint density at radius 2 is 2.07 bits per heavy atom. The van der Waals surface area contributed by atoms with Gasteiger partial charge < -0.3 is 14.7 Å². The molecule has 2 heterocycles. The maximum atomic E-state index is 13.1. The van der Waals surface area contributed by atoms with Crippen LogP contribution in [0.5, 0.6) is 0 Å². The van der Waals surface area contributed by atoms with Crippen molar-refractivity contribution in [1.82, 2.24) is 15.5 Å². The molecule has 0 bridgehead atoms. The van der Waals surface area contributed by atoms with Gasteiger partial charge in [0, 0.05) is 37.1 Å². The number of halogens is 1. The molecule has 1 aromatic heterocycles. The van der Waals surface area contributed by atoms with Crippen LogP contribution in [0, 0.1) is 12.7 Å². The lowest BCUT2D eigenvalue weighted by Gasteiger charge is -2.17. The first kappa shape index (κ1) is 19.8. The number of anilines is 1. The number of carbonyl (C=O) groups is 2. The third-order valence-corrected chi connectivity index (χ3v) is 4.94. The van der Waals surface area contributed by atoms with E-state index in [9.17, 15) is 14.0 Å². The van der Waals surface area contributed by atoms with E-state index < -0.39 is 0 Å². The summed E-state index contributed by atoms with van der Waals surface area (Å²) in [6.07, 6.45) is 0.699. The number of nitrogens with zero attached hydrogens (tertiary/aromatic N) is 3. The van der Waals surface area contributed by atoms with Gasteiger partial charge in [0.25, 0.3) is 0 Å². The van der Waals surface area contributed by atoms with Crippen molar-refractivity contribution in [2.75, 3.05) is 11.4 Å². The van der Waals surface area contributed by atoms with Gasteiger partial charge in [0.1, 0.15) is 5.82 Å². The van der Waals surface area contributed by atoms with Crippen molar-refractivity contribution >= 4 is 17.5 Å². The molecule has 154 valence electrons. The molecule has 2 amide bonds. The lowest BCUT2D eigenvalue weighted by atomic mass is 10.1. The fourth-order valence-corrected chi connectivity index (χ4v) is 3.45. The number of hydrogen-bond donors (Lipinski definition) is 1. The number of hydrogen-bond acceptors (Lipinski definition) is 5. The normalized spacial score (nSPS) is 16.1. The van der Waals surface area contributed by atoms with Crippen LogP contribution in [0.2, 0.25) is 0 Å². The van der Waals surface area contributed by atoms with Crippen molar-refractivity contribution in [2.24, 2.45) is 0 Å². The van der Waals surface area contributed by atoms with Gasteiger partial charge in [0.2, 0.25) is 23.5 Å². The Bertz CT molecular complexity index is 1060. The summed E-state index contributed by atoms with van der Waals surface area (Å²) in [7, 11) is 0. The molecule has 1 atom stereocenters. The summed E-state index contributed by atoms with van der Waals surface area (Å²) in [6, 6.07) is 13.2. The summed E-state index contributed by atoms with van der Waals surface area (Å²) in [5.41, 5.74) is 2.58. The van der Waals surface area contributed by atoms with E-state index in [1.165, 1.54) is 12.1 Å². The topological polar surface area (TPSA) is 88.3 Å². The zero-order chi connectivity index (χ0) is 21.1. The monoisotopic (exact) mass is 408 g/mol. The maximum Gasteiger partial charge on any atom is 0.229 e. The van der Waals surface area contributed by atoms with Crippen LogP contribution in [0.1, 0.15) is 24.3 Å². The van der Waals surface area contributed by atoms with E-state index in [0.717, 1.165) is 11.1 Å². The molecular formula is C22H21FN4O3. The molecule has 3 aromatic rings. The third kappa shape index (κ3) is 4.53. The van der Waals surface area contributed by atoms with Gasteiger partial charge in [-0.05, 0) is 37.3 Å². The number of rotatable bonds is 6. The summed E-state index contributed by atoms with van der Waals surface area (Å²) in [5.74, 6) is 0.222. The van der Waals surface area contributed by atoms with Crippen molar-refractivity contribution in [3.05, 3.63) is 65.8 Å². The van der Waals surface area contributed by atoms with E-state index in [2.05, 4.69) is 15.5 Å². The first-order valence-electron chi connectivity index (χ1n) is 9.73. The van der Waals surface area contributed by atoms with Gasteiger partial charge in [0.05, 0.1) is 6.04 Å². The molecule has 1 N–H and O–H groups in total. The molecule has 1 aliphatic heterocycles. The van der Waals surface area contributed by atoms with Gasteiger partial charge >= 0.3 is 0 Å². The molecule has 0 aliphatic carbocycles. The van der Waals surface area contributed by atoms with E-state index in [1.54, 1.807) is 17.0 Å². The Morgan fingerprint density at radius 1 is 1.27 bits per heavy atom. The van der Waals surface area contributed by atoms with Gasteiger partial charge in [-0.1, -0.05) is 28.9 Å². The second-order valence-electron chi connectivity index (χ2n) is 7.33. The van der Waals surface area contributed by atoms with E-state index in [1.807, 2.05) is 31.2 Å². The molecule has 1 aliphatic rings. The molecule has 7 nitrogen and oxygen atoms in total. The van der Waals surface area contributed by atoms with Crippen molar-refractivity contribution in [3.63, 3.8) is 0 Å². The molecule has 1 saturated heterocycles. The predicted octanol–water partition coefficient (Wildman–Crippen LogP) is 3.04. The van der Waals surface area contributed by atoms with Crippen molar-refractivity contribution in [3.8, 4) is 11.4 Å². The average Bonchev–Trinajstić information content (AvgIpc) is 3.34. The molecule has 0 radical (unpaired) electrons. The van der Waals surface area contributed by atoms with Crippen LogP contribution in [0.15, 0.2) is 53.1 Å². The maximum absolute atomic E-state index is 13.1. The summed E-state index contributed by atoms with van der Waals surface area (Å²) >= 11 is 0. The Balaban J connectivity index is 1.29. The number of amides is 2. The van der Waals surface area contributed by atoms with Crippen LogP contribution in [0.4, 0.5) is 10.1 Å². The zero-order valence-electron chi connectivity index (χ0n) is 16.5. The Morgan fingerprint density at radius 3 is 2.83 bits per heavy atom. The minimum Gasteiger partial charge on any atom is -0.351 e. The van der Waals surface area contributed by atoms with Gasteiger partial charge in [-0.2, -0.15) is 4.98 Å². The smallest absolute Gasteiger partial charge is 0.229 e. The van der Waals surface area contributed by atoms with E-state index in [4.69, 9.17) is 4.52 Å². The van der Waals surface area contributed by atoms with Gasteiger partial charge in [0.15, 0.2) is 0 Å². The molecule has 8 heteroatoms. The lowest BCUT2D eigenvalue weighted by Crippen LogP contribution is -2.37. The number of aryl methyl sites for hydroxylation is 2. The van der Waals surface area contributed by atoms with Crippen LogP contribution in [-0.2, 0) is 16.0 Å². The molecule has 0 saturated carbocycles. The summed E-state index contributed by atoms with van der Waals surface area (Å²) in [5, 5.41) is 6.84. The fraction of sp³-hybridized carbons (Fsp3) is 0.273. The number of nitrogens with one attached hydrogen (secondary N) is 1. The standard InChI is InChI=1S/C22H21FN4O3/c1-14-3-2-4-15(11-14)22-25-20(30-26-22)10-9-19(28)24-17-12-21(29)27(13-17)18-7-5-16(23)6-8-18/h2-8,11,17H,9-10,12-13H2,1H3,(H,24,28)/t17-/m0/s1. The first-order valence-corrected chi connectivity index (χ1v) is 9.73. The van der Waals surface area contributed by atoms with Gasteiger partial charge in [-0.15, -0.1) is 0 Å². The number of aromatic nitrogens is 2. The van der Waals surface area contributed by atoms with Crippen molar-refractivity contribution < 1.29 is 18.5 Å². The van der Waals surface area contributed by atoms with Gasteiger partial charge in [-0.3, -0.25) is 9.59 Å². The highest BCUT2D eigenvalue weighted by Crippen LogP contribution is 2.22. The largest absolute Gasteiger partial charge is 0.351 e. The van der Waals surface area contributed by atoms with E-state index in [-0.39, 0.29) is 36.5 Å². The molecule has 0 unspecified atom stereocenters. The molecular weight excluding hydrogens is 387 g/mol. The van der Waals surface area contributed by atoms with Crippen LogP contribution in [0.3, 0.4) is 0 Å². The second-order valence-corrected chi connectivity index (χ2v) is 7.33. The molecule has 1 fully saturated rings. The highest BCUT2D eigenvalue weighted by atomic mass is 19.1. The second kappa shape index (κ2) is 8.44. The van der Waals surface area contributed by atoms with Crippen molar-refractivity contribution in [2.45, 2.75) is 32.2 Å². The number of benzene rings is 2. The molecule has 4 rings (SSSR count). The summed E-state index contributed by atoms with van der Waals surface area (Å²) < 4.78 is 18.3. The lowest BCUT2D eigenvalue weighted by molar-refractivity contribution is -0.121. The minimum atomic E-state index is -0.359. The van der Waals surface area contributed by atoms with Crippen LogP contribution in [0.25, 0.3) is 11.4 Å². The van der Waals surface area contributed by atoms with Crippen LogP contribution in [-0.4, -0.2) is 34.5 Å². The van der Waals surface area contributed by atoms with Crippen LogP contribution >= 0.6 is 0 Å². The Labute approximate surface area is 172 Å². The molecule has 0 spiro atoms. The highest BCUT2D eigenvalue weighted by Gasteiger charge is 2.31.